The van der Waals surface area contributed by atoms with Crippen LogP contribution in [0.4, 0.5) is 16.2 Å². The normalized spacial score (nSPS) is 14.2. The van der Waals surface area contributed by atoms with Crippen LogP contribution >= 0.6 is 0 Å². The van der Waals surface area contributed by atoms with E-state index in [0.29, 0.717) is 24.3 Å². The molecule has 2 amide bonds. The summed E-state index contributed by atoms with van der Waals surface area (Å²) in [5, 5.41) is 2.92. The Hall–Kier alpha value is -2.82. The number of anilines is 2. The lowest BCUT2D eigenvalue weighted by Gasteiger charge is -2.37. The van der Waals surface area contributed by atoms with Gasteiger partial charge in [-0.05, 0) is 55.7 Å². The fourth-order valence-electron chi connectivity index (χ4n) is 3.58. The molecular weight excluding hydrogens is 338 g/mol. The number of hydrogen-bond acceptors (Lipinski definition) is 3. The van der Waals surface area contributed by atoms with Gasteiger partial charge in [-0.3, -0.25) is 4.79 Å². The molecule has 5 nitrogen and oxygen atoms in total. The van der Waals surface area contributed by atoms with Gasteiger partial charge in [0.25, 0.3) is 0 Å². The van der Waals surface area contributed by atoms with Crippen molar-refractivity contribution in [3.63, 3.8) is 0 Å². The highest BCUT2D eigenvalue weighted by molar-refractivity contribution is 5.95. The van der Waals surface area contributed by atoms with E-state index in [9.17, 15) is 9.59 Å². The monoisotopic (exact) mass is 365 g/mol. The average Bonchev–Trinajstić information content (AvgIpc) is 2.68. The number of Topliss-reactive ketones (excluding diaryl/α,β-unsaturated/α-hetero) is 1. The Labute approximate surface area is 161 Å². The number of aryl methyl sites for hydroxylation is 2. The first-order valence-corrected chi connectivity index (χ1v) is 9.50. The Bertz CT molecular complexity index is 822. The Balaban J connectivity index is 1.60. The van der Waals surface area contributed by atoms with E-state index >= 15 is 0 Å². The average molecular weight is 365 g/mol. The summed E-state index contributed by atoms with van der Waals surface area (Å²) in [7, 11) is 0. The molecule has 0 radical (unpaired) electrons. The molecule has 1 saturated heterocycles. The number of urea groups is 1. The topological polar surface area (TPSA) is 52.6 Å². The van der Waals surface area contributed by atoms with Crippen molar-refractivity contribution in [2.75, 3.05) is 36.4 Å². The predicted molar refractivity (Wildman–Crippen MR) is 110 cm³/mol. The van der Waals surface area contributed by atoms with Crippen molar-refractivity contribution < 1.29 is 9.59 Å². The van der Waals surface area contributed by atoms with Crippen molar-refractivity contribution >= 4 is 23.2 Å². The van der Waals surface area contributed by atoms with Crippen LogP contribution in [0.5, 0.6) is 0 Å². The van der Waals surface area contributed by atoms with Gasteiger partial charge in [-0.2, -0.15) is 0 Å². The summed E-state index contributed by atoms with van der Waals surface area (Å²) in [6.45, 7) is 8.90. The van der Waals surface area contributed by atoms with Crippen LogP contribution in [0.15, 0.2) is 42.5 Å². The molecule has 0 unspecified atom stereocenters. The van der Waals surface area contributed by atoms with Crippen LogP contribution < -0.4 is 10.2 Å². The summed E-state index contributed by atoms with van der Waals surface area (Å²) in [5.74, 6) is 0.0200. The van der Waals surface area contributed by atoms with Crippen LogP contribution in [0.25, 0.3) is 0 Å². The van der Waals surface area contributed by atoms with Crippen molar-refractivity contribution in [1.29, 1.82) is 0 Å². The van der Waals surface area contributed by atoms with E-state index < -0.39 is 0 Å². The number of para-hydroxylation sites is 1. The second kappa shape index (κ2) is 8.25. The first-order chi connectivity index (χ1) is 13.0. The highest BCUT2D eigenvalue weighted by Gasteiger charge is 2.23. The van der Waals surface area contributed by atoms with Crippen molar-refractivity contribution in [3.05, 3.63) is 59.2 Å². The van der Waals surface area contributed by atoms with Gasteiger partial charge in [0.15, 0.2) is 5.78 Å². The summed E-state index contributed by atoms with van der Waals surface area (Å²) in [5.41, 5.74) is 5.32. The molecule has 27 heavy (non-hydrogen) atoms. The maximum Gasteiger partial charge on any atom is 0.321 e. The second-order valence-corrected chi connectivity index (χ2v) is 6.97. The number of rotatable bonds is 4. The summed E-state index contributed by atoms with van der Waals surface area (Å²) in [6, 6.07) is 13.4. The quantitative estimate of drug-likeness (QED) is 0.830. The number of amides is 2. The number of nitrogens with zero attached hydrogens (tertiary/aromatic N) is 2. The zero-order valence-corrected chi connectivity index (χ0v) is 16.3. The Morgan fingerprint density at radius 2 is 1.67 bits per heavy atom. The molecule has 142 valence electrons. The van der Waals surface area contributed by atoms with Crippen molar-refractivity contribution in [3.8, 4) is 0 Å². The number of piperazine rings is 1. The van der Waals surface area contributed by atoms with Gasteiger partial charge < -0.3 is 15.1 Å². The van der Waals surface area contributed by atoms with E-state index in [1.54, 1.807) is 24.3 Å². The molecule has 2 aromatic carbocycles. The van der Waals surface area contributed by atoms with Crippen molar-refractivity contribution in [2.24, 2.45) is 0 Å². The van der Waals surface area contributed by atoms with Crippen LogP contribution in [-0.4, -0.2) is 42.9 Å². The Morgan fingerprint density at radius 1 is 1.00 bits per heavy atom. The van der Waals surface area contributed by atoms with Crippen molar-refractivity contribution in [2.45, 2.75) is 27.2 Å². The minimum absolute atomic E-state index is 0.0200. The number of ketones is 1. The Kier molecular flexibility index (Phi) is 5.79. The van der Waals surface area contributed by atoms with Crippen molar-refractivity contribution in [1.82, 2.24) is 4.90 Å². The fourth-order valence-corrected chi connectivity index (χ4v) is 3.58. The number of carbonyl (C=O) groups excluding carboxylic acids is 2. The second-order valence-electron chi connectivity index (χ2n) is 6.97. The van der Waals surface area contributed by atoms with Gasteiger partial charge in [-0.15, -0.1) is 0 Å². The minimum atomic E-state index is -0.0919. The van der Waals surface area contributed by atoms with Gasteiger partial charge in [-0.25, -0.2) is 4.79 Å². The number of nitrogens with one attached hydrogen (secondary N) is 1. The number of carbonyl (C=O) groups is 2. The molecule has 5 heteroatoms. The largest absolute Gasteiger partial charge is 0.368 e. The molecule has 0 aliphatic carbocycles. The van der Waals surface area contributed by atoms with E-state index in [2.05, 4.69) is 42.3 Å². The maximum absolute atomic E-state index is 12.5. The van der Waals surface area contributed by atoms with Gasteiger partial charge in [0, 0.05) is 43.1 Å². The molecule has 0 atom stereocenters. The lowest BCUT2D eigenvalue weighted by atomic mass is 10.0. The molecule has 0 aromatic heterocycles. The third-order valence-electron chi connectivity index (χ3n) is 5.13. The van der Waals surface area contributed by atoms with Crippen LogP contribution in [0.2, 0.25) is 0 Å². The predicted octanol–water partition coefficient (Wildman–Crippen LogP) is 4.11. The van der Waals surface area contributed by atoms with Gasteiger partial charge in [-0.1, -0.05) is 25.1 Å². The molecule has 0 bridgehead atoms. The number of hydrogen-bond donors (Lipinski definition) is 1. The fraction of sp³-hybridized carbons (Fsp3) is 0.364. The summed E-state index contributed by atoms with van der Waals surface area (Å²) >= 11 is 0. The maximum atomic E-state index is 12.5. The van der Waals surface area contributed by atoms with E-state index in [1.807, 2.05) is 4.90 Å². The lowest BCUT2D eigenvalue weighted by Crippen LogP contribution is -2.50. The minimum Gasteiger partial charge on any atom is -0.368 e. The highest BCUT2D eigenvalue weighted by Crippen LogP contribution is 2.27. The molecule has 1 aliphatic heterocycles. The van der Waals surface area contributed by atoms with Gasteiger partial charge in [0.1, 0.15) is 0 Å². The lowest BCUT2D eigenvalue weighted by molar-refractivity contribution is 0.101. The molecule has 1 aliphatic rings. The van der Waals surface area contributed by atoms with Crippen LogP contribution in [0, 0.1) is 6.92 Å². The molecule has 1 N–H and O–H groups in total. The van der Waals surface area contributed by atoms with Crippen LogP contribution in [-0.2, 0) is 6.42 Å². The SMILES string of the molecule is CCc1cccc(C)c1N1CCN(C(=O)Nc2ccc(C(C)=O)cc2)CC1. The van der Waals surface area contributed by atoms with Crippen LogP contribution in [0.1, 0.15) is 35.3 Å². The smallest absolute Gasteiger partial charge is 0.321 e. The number of benzene rings is 2. The zero-order chi connectivity index (χ0) is 19.4. The summed E-state index contributed by atoms with van der Waals surface area (Å²) in [4.78, 5) is 28.1. The van der Waals surface area contributed by atoms with E-state index in [1.165, 1.54) is 23.7 Å². The first kappa shape index (κ1) is 19.0. The molecule has 2 aromatic rings. The third kappa shape index (κ3) is 4.30. The Morgan fingerprint density at radius 3 is 2.26 bits per heavy atom. The molecule has 0 spiro atoms. The van der Waals surface area contributed by atoms with Gasteiger partial charge >= 0.3 is 6.03 Å². The van der Waals surface area contributed by atoms with E-state index in [4.69, 9.17) is 0 Å². The van der Waals surface area contributed by atoms with E-state index in [0.717, 1.165) is 19.5 Å². The molecule has 0 saturated carbocycles. The van der Waals surface area contributed by atoms with Crippen LogP contribution in [0.3, 0.4) is 0 Å². The molecule has 3 rings (SSSR count). The van der Waals surface area contributed by atoms with E-state index in [-0.39, 0.29) is 11.8 Å². The van der Waals surface area contributed by atoms with Gasteiger partial charge in [0.2, 0.25) is 0 Å². The molecule has 1 heterocycles. The van der Waals surface area contributed by atoms with Gasteiger partial charge in [0.05, 0.1) is 0 Å². The molecular formula is C22H27N3O2. The summed E-state index contributed by atoms with van der Waals surface area (Å²) < 4.78 is 0. The summed E-state index contributed by atoms with van der Waals surface area (Å²) in [6.07, 6.45) is 1.01. The highest BCUT2D eigenvalue weighted by atomic mass is 16.2. The standard InChI is InChI=1S/C22H27N3O2/c1-4-18-7-5-6-16(2)21(18)24-12-14-25(15-13-24)22(27)23-20-10-8-19(9-11-20)17(3)26/h5-11H,4,12-15H2,1-3H3,(H,23,27). The first-order valence-electron chi connectivity index (χ1n) is 9.50. The zero-order valence-electron chi connectivity index (χ0n) is 16.3. The molecule has 1 fully saturated rings. The third-order valence-corrected chi connectivity index (χ3v) is 5.13.